The molecule has 0 aromatic carbocycles. The number of aromatic nitrogens is 1. The van der Waals surface area contributed by atoms with Gasteiger partial charge in [-0.3, -0.25) is 9.59 Å². The van der Waals surface area contributed by atoms with Crippen LogP contribution in [0.4, 0.5) is 5.82 Å². The zero-order chi connectivity index (χ0) is 16.1. The van der Waals surface area contributed by atoms with Crippen LogP contribution in [0.15, 0.2) is 18.3 Å². The van der Waals surface area contributed by atoms with Crippen LogP contribution in [0.25, 0.3) is 0 Å². The van der Waals surface area contributed by atoms with Crippen molar-refractivity contribution in [2.45, 2.75) is 51.1 Å². The van der Waals surface area contributed by atoms with E-state index in [1.165, 1.54) is 25.7 Å². The molecular weight excluding hydrogens is 292 g/mol. The number of nitrogens with one attached hydrogen (secondary N) is 2. The van der Waals surface area contributed by atoms with Crippen molar-refractivity contribution < 1.29 is 9.59 Å². The number of hydrogen-bond acceptors (Lipinski definition) is 4. The molecule has 2 N–H and O–H groups in total. The van der Waals surface area contributed by atoms with Crippen molar-refractivity contribution in [2.24, 2.45) is 0 Å². The third kappa shape index (κ3) is 4.21. The van der Waals surface area contributed by atoms with Crippen molar-refractivity contribution in [2.75, 3.05) is 18.0 Å². The van der Waals surface area contributed by atoms with Crippen molar-refractivity contribution in [3.63, 3.8) is 0 Å². The number of amides is 2. The Labute approximate surface area is 136 Å². The maximum atomic E-state index is 12.0. The molecule has 2 aliphatic rings. The molecule has 0 radical (unpaired) electrons. The summed E-state index contributed by atoms with van der Waals surface area (Å²) in [4.78, 5) is 30.0. The largest absolute Gasteiger partial charge is 0.357 e. The van der Waals surface area contributed by atoms with Crippen LogP contribution in [0.3, 0.4) is 0 Å². The number of rotatable bonds is 4. The van der Waals surface area contributed by atoms with Crippen molar-refractivity contribution in [1.29, 1.82) is 0 Å². The second kappa shape index (κ2) is 7.44. The van der Waals surface area contributed by atoms with Gasteiger partial charge in [0.05, 0.1) is 0 Å². The number of carbonyl (C=O) groups is 2. The quantitative estimate of drug-likeness (QED) is 0.879. The van der Waals surface area contributed by atoms with Gasteiger partial charge >= 0.3 is 0 Å². The van der Waals surface area contributed by atoms with Crippen molar-refractivity contribution in [3.8, 4) is 0 Å². The monoisotopic (exact) mass is 316 g/mol. The highest BCUT2D eigenvalue weighted by molar-refractivity contribution is 5.90. The predicted octanol–water partition coefficient (Wildman–Crippen LogP) is 1.36. The fourth-order valence-corrected chi connectivity index (χ4v) is 3.13. The minimum atomic E-state index is -0.383. The van der Waals surface area contributed by atoms with Gasteiger partial charge in [-0.2, -0.15) is 0 Å². The molecule has 124 valence electrons. The van der Waals surface area contributed by atoms with Crippen molar-refractivity contribution >= 4 is 17.6 Å². The summed E-state index contributed by atoms with van der Waals surface area (Å²) < 4.78 is 0. The highest BCUT2D eigenvalue weighted by atomic mass is 16.2. The molecule has 2 amide bonds. The second-order valence-electron chi connectivity index (χ2n) is 6.30. The number of hydrogen-bond donors (Lipinski definition) is 2. The normalized spacial score (nSPS) is 21.7. The highest BCUT2D eigenvalue weighted by Gasteiger charge is 2.26. The summed E-state index contributed by atoms with van der Waals surface area (Å²) in [5, 5.41) is 5.54. The number of nitrogens with zero attached hydrogens (tertiary/aromatic N) is 2. The first-order chi connectivity index (χ1) is 11.2. The van der Waals surface area contributed by atoms with E-state index in [2.05, 4.69) is 20.5 Å². The number of carbonyl (C=O) groups excluding carboxylic acids is 2. The molecular formula is C17H24N4O2. The summed E-state index contributed by atoms with van der Waals surface area (Å²) in [6.45, 7) is 2.59. The summed E-state index contributed by atoms with van der Waals surface area (Å²) in [6.07, 6.45) is 7.91. The lowest BCUT2D eigenvalue weighted by Gasteiger charge is -2.21. The summed E-state index contributed by atoms with van der Waals surface area (Å²) >= 11 is 0. The van der Waals surface area contributed by atoms with Crippen molar-refractivity contribution in [3.05, 3.63) is 23.9 Å². The molecule has 2 fully saturated rings. The Morgan fingerprint density at radius 2 is 2.04 bits per heavy atom. The lowest BCUT2D eigenvalue weighted by atomic mass is 10.2. The Bertz CT molecular complexity index is 550. The van der Waals surface area contributed by atoms with Gasteiger partial charge in [0.2, 0.25) is 11.8 Å². The molecule has 2 saturated heterocycles. The molecule has 2 aliphatic heterocycles. The fraction of sp³-hybridized carbons (Fsp3) is 0.588. The Morgan fingerprint density at radius 3 is 2.65 bits per heavy atom. The minimum absolute atomic E-state index is 0.0476. The van der Waals surface area contributed by atoms with Gasteiger partial charge in [-0.1, -0.05) is 18.9 Å². The van der Waals surface area contributed by atoms with E-state index in [4.69, 9.17) is 0 Å². The van der Waals surface area contributed by atoms with Gasteiger partial charge in [0.25, 0.3) is 0 Å². The van der Waals surface area contributed by atoms with Gasteiger partial charge in [0.15, 0.2) is 0 Å². The van der Waals surface area contributed by atoms with Crippen LogP contribution in [0.2, 0.25) is 0 Å². The Balaban J connectivity index is 1.51. The van der Waals surface area contributed by atoms with Gasteiger partial charge in [-0.05, 0) is 30.9 Å². The third-order valence-corrected chi connectivity index (χ3v) is 4.52. The lowest BCUT2D eigenvalue weighted by molar-refractivity contribution is -0.125. The molecule has 0 aliphatic carbocycles. The molecule has 23 heavy (non-hydrogen) atoms. The van der Waals surface area contributed by atoms with Crippen LogP contribution < -0.4 is 15.5 Å². The van der Waals surface area contributed by atoms with Gasteiger partial charge in [0, 0.05) is 32.3 Å². The molecule has 3 rings (SSSR count). The number of pyridine rings is 1. The summed E-state index contributed by atoms with van der Waals surface area (Å²) in [5.74, 6) is 0.853. The van der Waals surface area contributed by atoms with Crippen LogP contribution in [-0.2, 0) is 16.1 Å². The predicted molar refractivity (Wildman–Crippen MR) is 87.9 cm³/mol. The molecule has 6 heteroatoms. The standard InChI is InChI=1S/C17H24N4O2/c22-16-8-6-14(20-16)17(23)19-12-13-5-7-15(18-11-13)21-9-3-1-2-4-10-21/h5,7,11,14H,1-4,6,8-10,12H2,(H,19,23)(H,20,22)/t14-/m1/s1. The van der Waals surface area contributed by atoms with Crippen LogP contribution in [0, 0.1) is 0 Å². The van der Waals surface area contributed by atoms with E-state index in [1.807, 2.05) is 18.3 Å². The van der Waals surface area contributed by atoms with E-state index < -0.39 is 0 Å². The first-order valence-electron chi connectivity index (χ1n) is 8.49. The smallest absolute Gasteiger partial charge is 0.242 e. The maximum absolute atomic E-state index is 12.0. The van der Waals surface area contributed by atoms with Gasteiger partial charge in [0.1, 0.15) is 11.9 Å². The molecule has 1 aromatic heterocycles. The Kier molecular flexibility index (Phi) is 5.10. The summed E-state index contributed by atoms with van der Waals surface area (Å²) in [6, 6.07) is 3.66. The molecule has 0 unspecified atom stereocenters. The Morgan fingerprint density at radius 1 is 1.26 bits per heavy atom. The zero-order valence-electron chi connectivity index (χ0n) is 13.4. The van der Waals surface area contributed by atoms with Crippen LogP contribution in [0.1, 0.15) is 44.1 Å². The van der Waals surface area contributed by atoms with Gasteiger partial charge < -0.3 is 15.5 Å². The first kappa shape index (κ1) is 15.8. The van der Waals surface area contributed by atoms with E-state index in [-0.39, 0.29) is 17.9 Å². The fourth-order valence-electron chi connectivity index (χ4n) is 3.13. The van der Waals surface area contributed by atoms with Crippen LogP contribution >= 0.6 is 0 Å². The highest BCUT2D eigenvalue weighted by Crippen LogP contribution is 2.17. The lowest BCUT2D eigenvalue weighted by Crippen LogP contribution is -2.41. The first-order valence-corrected chi connectivity index (χ1v) is 8.49. The second-order valence-corrected chi connectivity index (χ2v) is 6.30. The number of anilines is 1. The SMILES string of the molecule is O=C1CC[C@H](C(=O)NCc2ccc(N3CCCCCC3)nc2)N1. The molecule has 0 bridgehead atoms. The molecule has 0 saturated carbocycles. The molecule has 0 spiro atoms. The molecule has 1 atom stereocenters. The Hall–Kier alpha value is -2.11. The van der Waals surface area contributed by atoms with Crippen LogP contribution in [-0.4, -0.2) is 35.9 Å². The van der Waals surface area contributed by atoms with E-state index in [9.17, 15) is 9.59 Å². The summed E-state index contributed by atoms with van der Waals surface area (Å²) in [5.41, 5.74) is 0.973. The van der Waals surface area contributed by atoms with E-state index >= 15 is 0 Å². The van der Waals surface area contributed by atoms with Gasteiger partial charge in [-0.15, -0.1) is 0 Å². The topological polar surface area (TPSA) is 74.3 Å². The average molecular weight is 316 g/mol. The molecule has 3 heterocycles. The van der Waals surface area contributed by atoms with E-state index in [0.29, 0.717) is 19.4 Å². The van der Waals surface area contributed by atoms with Gasteiger partial charge in [-0.25, -0.2) is 4.98 Å². The average Bonchev–Trinajstić information content (AvgIpc) is 2.84. The zero-order valence-corrected chi connectivity index (χ0v) is 13.4. The van der Waals surface area contributed by atoms with Crippen LogP contribution in [0.5, 0.6) is 0 Å². The van der Waals surface area contributed by atoms with Crippen molar-refractivity contribution in [1.82, 2.24) is 15.6 Å². The summed E-state index contributed by atoms with van der Waals surface area (Å²) in [7, 11) is 0. The van der Waals surface area contributed by atoms with E-state index in [1.54, 1.807) is 0 Å². The molecule has 1 aromatic rings. The third-order valence-electron chi connectivity index (χ3n) is 4.52. The van der Waals surface area contributed by atoms with E-state index in [0.717, 1.165) is 24.5 Å². The maximum Gasteiger partial charge on any atom is 0.242 e. The molecule has 6 nitrogen and oxygen atoms in total. The minimum Gasteiger partial charge on any atom is -0.357 e.